The van der Waals surface area contributed by atoms with E-state index in [0.717, 1.165) is 55.5 Å². The van der Waals surface area contributed by atoms with Crippen LogP contribution < -0.4 is 5.32 Å². The van der Waals surface area contributed by atoms with E-state index >= 15 is 0 Å². The van der Waals surface area contributed by atoms with Gasteiger partial charge in [-0.3, -0.25) is 4.79 Å². The van der Waals surface area contributed by atoms with Crippen molar-refractivity contribution in [3.63, 3.8) is 0 Å². The number of nitrogens with zero attached hydrogens (tertiary/aromatic N) is 2. The maximum atomic E-state index is 11.9. The SMILES string of the molecule is O=C1CCCCCN1CCCNc1cc2ccccc2c(Cl)n1. The Balaban J connectivity index is 1.53. The average molecular weight is 332 g/mol. The van der Waals surface area contributed by atoms with E-state index < -0.39 is 0 Å². The second-order valence-corrected chi connectivity index (χ2v) is 6.35. The molecule has 5 heteroatoms. The number of carbonyl (C=O) groups is 1. The number of rotatable bonds is 5. The predicted octanol–water partition coefficient (Wildman–Crippen LogP) is 4.09. The fourth-order valence-corrected chi connectivity index (χ4v) is 3.27. The fraction of sp³-hybridized carbons (Fsp3) is 0.444. The molecular weight excluding hydrogens is 310 g/mol. The van der Waals surface area contributed by atoms with Crippen molar-refractivity contribution in [2.45, 2.75) is 32.1 Å². The van der Waals surface area contributed by atoms with Crippen LogP contribution in [-0.4, -0.2) is 35.4 Å². The molecule has 23 heavy (non-hydrogen) atoms. The van der Waals surface area contributed by atoms with Crippen LogP contribution in [0.15, 0.2) is 30.3 Å². The van der Waals surface area contributed by atoms with E-state index in [1.807, 2.05) is 35.2 Å². The normalized spacial score (nSPS) is 15.7. The first-order chi connectivity index (χ1) is 11.2. The molecular formula is C18H22ClN3O. The van der Waals surface area contributed by atoms with Gasteiger partial charge in [0.15, 0.2) is 0 Å². The molecule has 0 aliphatic carbocycles. The lowest BCUT2D eigenvalue weighted by atomic mass is 10.2. The minimum atomic E-state index is 0.300. The molecule has 1 aliphatic heterocycles. The Hall–Kier alpha value is -1.81. The number of fused-ring (bicyclic) bond motifs is 1. The molecule has 1 aromatic carbocycles. The summed E-state index contributed by atoms with van der Waals surface area (Å²) in [7, 11) is 0. The lowest BCUT2D eigenvalue weighted by Crippen LogP contribution is -2.32. The first-order valence-electron chi connectivity index (χ1n) is 8.31. The van der Waals surface area contributed by atoms with Crippen LogP contribution in [0.25, 0.3) is 10.8 Å². The molecule has 0 spiro atoms. The third-order valence-corrected chi connectivity index (χ3v) is 4.56. The lowest BCUT2D eigenvalue weighted by molar-refractivity contribution is -0.130. The largest absolute Gasteiger partial charge is 0.370 e. The quantitative estimate of drug-likeness (QED) is 0.663. The highest BCUT2D eigenvalue weighted by atomic mass is 35.5. The molecule has 0 atom stereocenters. The van der Waals surface area contributed by atoms with Gasteiger partial charge in [0.2, 0.25) is 5.91 Å². The topological polar surface area (TPSA) is 45.2 Å². The molecule has 3 rings (SSSR count). The van der Waals surface area contributed by atoms with Crippen molar-refractivity contribution in [1.82, 2.24) is 9.88 Å². The Kier molecular flexibility index (Phi) is 5.34. The number of amides is 1. The number of halogens is 1. The van der Waals surface area contributed by atoms with Crippen LogP contribution in [0.3, 0.4) is 0 Å². The number of likely N-dealkylation sites (tertiary alicyclic amines) is 1. The molecule has 0 bridgehead atoms. The van der Waals surface area contributed by atoms with Gasteiger partial charge in [0.05, 0.1) is 0 Å². The van der Waals surface area contributed by atoms with Crippen LogP contribution in [0, 0.1) is 0 Å². The lowest BCUT2D eigenvalue weighted by Gasteiger charge is -2.20. The molecule has 1 amide bonds. The van der Waals surface area contributed by atoms with E-state index in [4.69, 9.17) is 11.6 Å². The second kappa shape index (κ2) is 7.64. The summed E-state index contributed by atoms with van der Waals surface area (Å²) < 4.78 is 0. The molecule has 0 unspecified atom stereocenters. The van der Waals surface area contributed by atoms with Gasteiger partial charge in [0.25, 0.3) is 0 Å². The average Bonchev–Trinajstić information content (AvgIpc) is 2.76. The zero-order chi connectivity index (χ0) is 16.1. The van der Waals surface area contributed by atoms with Crippen LogP contribution in [0.5, 0.6) is 0 Å². The van der Waals surface area contributed by atoms with Crippen molar-refractivity contribution in [3.05, 3.63) is 35.5 Å². The summed E-state index contributed by atoms with van der Waals surface area (Å²) in [5.41, 5.74) is 0. The number of hydrogen-bond donors (Lipinski definition) is 1. The molecule has 2 heterocycles. The number of nitrogens with one attached hydrogen (secondary N) is 1. The van der Waals surface area contributed by atoms with Crippen molar-refractivity contribution in [2.24, 2.45) is 0 Å². The Labute approximate surface area is 141 Å². The highest BCUT2D eigenvalue weighted by Crippen LogP contribution is 2.24. The Morgan fingerprint density at radius 3 is 3.00 bits per heavy atom. The van der Waals surface area contributed by atoms with Crippen molar-refractivity contribution < 1.29 is 4.79 Å². The van der Waals surface area contributed by atoms with Crippen molar-refractivity contribution in [3.8, 4) is 0 Å². The van der Waals surface area contributed by atoms with Crippen molar-refractivity contribution in [2.75, 3.05) is 25.0 Å². The summed E-state index contributed by atoms with van der Waals surface area (Å²) in [4.78, 5) is 18.3. The Bertz CT molecular complexity index is 689. The van der Waals surface area contributed by atoms with Crippen LogP contribution in [-0.2, 0) is 4.79 Å². The van der Waals surface area contributed by atoms with Crippen molar-refractivity contribution >= 4 is 34.1 Å². The van der Waals surface area contributed by atoms with E-state index in [0.29, 0.717) is 17.5 Å². The third-order valence-electron chi connectivity index (χ3n) is 4.28. The maximum Gasteiger partial charge on any atom is 0.222 e. The van der Waals surface area contributed by atoms with E-state index in [1.165, 1.54) is 6.42 Å². The first-order valence-corrected chi connectivity index (χ1v) is 8.69. The van der Waals surface area contributed by atoms with Crippen LogP contribution in [0.2, 0.25) is 5.15 Å². The van der Waals surface area contributed by atoms with Gasteiger partial charge in [-0.15, -0.1) is 0 Å². The van der Waals surface area contributed by atoms with Crippen LogP contribution >= 0.6 is 11.6 Å². The van der Waals surface area contributed by atoms with E-state index in [2.05, 4.69) is 10.3 Å². The van der Waals surface area contributed by atoms with Gasteiger partial charge in [-0.1, -0.05) is 42.3 Å². The molecule has 2 aromatic rings. The monoisotopic (exact) mass is 331 g/mol. The summed E-state index contributed by atoms with van der Waals surface area (Å²) in [5.74, 6) is 1.09. The number of aromatic nitrogens is 1. The van der Waals surface area contributed by atoms with E-state index in [9.17, 15) is 4.79 Å². The van der Waals surface area contributed by atoms with Crippen LogP contribution in [0.1, 0.15) is 32.1 Å². The van der Waals surface area contributed by atoms with Crippen molar-refractivity contribution in [1.29, 1.82) is 0 Å². The van der Waals surface area contributed by atoms with Crippen LogP contribution in [0.4, 0.5) is 5.82 Å². The molecule has 1 aromatic heterocycles. The minimum Gasteiger partial charge on any atom is -0.370 e. The third kappa shape index (κ3) is 4.14. The summed E-state index contributed by atoms with van der Waals surface area (Å²) in [5, 5.41) is 5.88. The van der Waals surface area contributed by atoms with Gasteiger partial charge in [0.1, 0.15) is 11.0 Å². The number of anilines is 1. The van der Waals surface area contributed by atoms with E-state index in [-0.39, 0.29) is 0 Å². The second-order valence-electron chi connectivity index (χ2n) is 5.99. The molecule has 1 fully saturated rings. The predicted molar refractivity (Wildman–Crippen MR) is 94.9 cm³/mol. The van der Waals surface area contributed by atoms with Gasteiger partial charge in [-0.05, 0) is 30.7 Å². The summed E-state index contributed by atoms with van der Waals surface area (Å²) in [6.45, 7) is 2.50. The first kappa shape index (κ1) is 16.1. The standard InChI is InChI=1S/C18H22ClN3O/c19-18-15-8-4-3-7-14(15)13-16(21-18)20-10-6-12-22-11-5-1-2-9-17(22)23/h3-4,7-8,13H,1-2,5-6,9-12H2,(H,20,21). The fourth-order valence-electron chi connectivity index (χ4n) is 3.01. The molecule has 0 radical (unpaired) electrons. The van der Waals surface area contributed by atoms with Gasteiger partial charge >= 0.3 is 0 Å². The smallest absolute Gasteiger partial charge is 0.222 e. The number of hydrogen-bond acceptors (Lipinski definition) is 3. The number of pyridine rings is 1. The Morgan fingerprint density at radius 1 is 1.22 bits per heavy atom. The number of carbonyl (C=O) groups excluding carboxylic acids is 1. The molecule has 1 aliphatic rings. The summed E-state index contributed by atoms with van der Waals surface area (Å²) in [6, 6.07) is 9.97. The zero-order valence-corrected chi connectivity index (χ0v) is 14.0. The molecule has 1 saturated heterocycles. The van der Waals surface area contributed by atoms with Gasteiger partial charge in [0, 0.05) is 31.4 Å². The number of benzene rings is 1. The highest BCUT2D eigenvalue weighted by molar-refractivity contribution is 6.34. The molecule has 0 saturated carbocycles. The Morgan fingerprint density at radius 2 is 2.09 bits per heavy atom. The summed E-state index contributed by atoms with van der Waals surface area (Å²) >= 11 is 6.23. The zero-order valence-electron chi connectivity index (χ0n) is 13.2. The highest BCUT2D eigenvalue weighted by Gasteiger charge is 2.15. The molecule has 122 valence electrons. The molecule has 1 N–H and O–H groups in total. The van der Waals surface area contributed by atoms with Gasteiger partial charge < -0.3 is 10.2 Å². The van der Waals surface area contributed by atoms with Gasteiger partial charge in [-0.25, -0.2) is 4.98 Å². The summed E-state index contributed by atoms with van der Waals surface area (Å²) in [6.07, 6.45) is 4.95. The van der Waals surface area contributed by atoms with E-state index in [1.54, 1.807) is 0 Å². The molecule has 4 nitrogen and oxygen atoms in total. The maximum absolute atomic E-state index is 11.9. The minimum absolute atomic E-state index is 0.300. The van der Waals surface area contributed by atoms with Gasteiger partial charge in [-0.2, -0.15) is 0 Å².